The highest BCUT2D eigenvalue weighted by atomic mass is 35.5. The van der Waals surface area contributed by atoms with Crippen LogP contribution < -0.4 is 0 Å². The van der Waals surface area contributed by atoms with E-state index in [2.05, 4.69) is 9.97 Å². The Kier molecular flexibility index (Phi) is 3.54. The van der Waals surface area contributed by atoms with Gasteiger partial charge in [-0.15, -0.1) is 0 Å². The molecule has 0 aliphatic rings. The SMILES string of the molecule is CC(O)(Cn1ccnc1)Cn1cc([N+](=O)[O-])nc1Cl. The first-order chi connectivity index (χ1) is 8.87. The van der Waals surface area contributed by atoms with Gasteiger partial charge in [0, 0.05) is 12.4 Å². The van der Waals surface area contributed by atoms with E-state index in [0.29, 0.717) is 0 Å². The molecule has 0 saturated carbocycles. The fourth-order valence-electron chi connectivity index (χ4n) is 1.77. The third-order valence-corrected chi connectivity index (χ3v) is 2.80. The second-order valence-corrected chi connectivity index (χ2v) is 4.82. The van der Waals surface area contributed by atoms with Crippen molar-refractivity contribution in [3.05, 3.63) is 40.3 Å². The monoisotopic (exact) mass is 285 g/mol. The van der Waals surface area contributed by atoms with Crippen LogP contribution in [0.4, 0.5) is 5.82 Å². The lowest BCUT2D eigenvalue weighted by molar-refractivity contribution is -0.389. The summed E-state index contributed by atoms with van der Waals surface area (Å²) < 4.78 is 3.05. The number of imidazole rings is 2. The third-order valence-electron chi connectivity index (χ3n) is 2.50. The number of nitrogens with zero attached hydrogens (tertiary/aromatic N) is 5. The largest absolute Gasteiger partial charge is 0.386 e. The van der Waals surface area contributed by atoms with Gasteiger partial charge in [0.25, 0.3) is 0 Å². The Morgan fingerprint density at radius 2 is 2.32 bits per heavy atom. The maximum atomic E-state index is 10.6. The van der Waals surface area contributed by atoms with Gasteiger partial charge in [-0.1, -0.05) is 0 Å². The van der Waals surface area contributed by atoms with Gasteiger partial charge >= 0.3 is 11.1 Å². The molecule has 0 radical (unpaired) electrons. The molecule has 2 aromatic heterocycles. The normalized spacial score (nSPS) is 14.3. The smallest absolute Gasteiger partial charge is 0.383 e. The van der Waals surface area contributed by atoms with E-state index in [4.69, 9.17) is 11.6 Å². The van der Waals surface area contributed by atoms with E-state index in [1.165, 1.54) is 10.8 Å². The number of hydrogen-bond donors (Lipinski definition) is 1. The fraction of sp³-hybridized carbons (Fsp3) is 0.400. The zero-order chi connectivity index (χ0) is 14.0. The molecule has 102 valence electrons. The summed E-state index contributed by atoms with van der Waals surface area (Å²) in [5.41, 5.74) is -1.14. The lowest BCUT2D eigenvalue weighted by Gasteiger charge is -2.23. The number of aliphatic hydroxyl groups is 1. The standard InChI is InChI=1S/C10H12ClN5O3/c1-10(17,5-14-3-2-12-7-14)6-15-4-8(16(18)19)13-9(15)11/h2-4,7,17H,5-6H2,1H3. The Balaban J connectivity index is 2.13. The summed E-state index contributed by atoms with van der Waals surface area (Å²) in [6, 6.07) is 0. The summed E-state index contributed by atoms with van der Waals surface area (Å²) in [6.07, 6.45) is 6.09. The predicted molar refractivity (Wildman–Crippen MR) is 66.7 cm³/mol. The van der Waals surface area contributed by atoms with Crippen LogP contribution in [0.2, 0.25) is 5.28 Å². The van der Waals surface area contributed by atoms with Crippen LogP contribution in [0.15, 0.2) is 24.9 Å². The highest BCUT2D eigenvalue weighted by Crippen LogP contribution is 2.19. The Hall–Kier alpha value is -1.93. The van der Waals surface area contributed by atoms with Gasteiger partial charge in [-0.2, -0.15) is 0 Å². The van der Waals surface area contributed by atoms with Crippen LogP contribution in [0.1, 0.15) is 6.92 Å². The van der Waals surface area contributed by atoms with Crippen LogP contribution in [0.5, 0.6) is 0 Å². The van der Waals surface area contributed by atoms with E-state index in [1.54, 1.807) is 30.2 Å². The van der Waals surface area contributed by atoms with Crippen LogP contribution in [0.3, 0.4) is 0 Å². The number of rotatable bonds is 5. The predicted octanol–water partition coefficient (Wildman–Crippen LogP) is 1.09. The van der Waals surface area contributed by atoms with Crippen LogP contribution in [-0.2, 0) is 13.1 Å². The lowest BCUT2D eigenvalue weighted by atomic mass is 10.1. The van der Waals surface area contributed by atoms with Gasteiger partial charge in [-0.3, -0.25) is 4.57 Å². The molecule has 1 unspecified atom stereocenters. The Morgan fingerprint density at radius 3 is 2.84 bits per heavy atom. The summed E-state index contributed by atoms with van der Waals surface area (Å²) in [4.78, 5) is 17.4. The molecule has 0 spiro atoms. The average molecular weight is 286 g/mol. The van der Waals surface area contributed by atoms with Crippen LogP contribution in [-0.4, -0.2) is 34.7 Å². The molecule has 0 aromatic carbocycles. The maximum Gasteiger partial charge on any atom is 0.383 e. The number of hydrogen-bond acceptors (Lipinski definition) is 5. The minimum absolute atomic E-state index is 0.0300. The number of nitro groups is 1. The molecular weight excluding hydrogens is 274 g/mol. The van der Waals surface area contributed by atoms with Crippen molar-refractivity contribution in [2.45, 2.75) is 25.6 Å². The molecule has 0 fully saturated rings. The topological polar surface area (TPSA) is 99.0 Å². The summed E-state index contributed by atoms with van der Waals surface area (Å²) in [7, 11) is 0. The molecule has 0 aliphatic heterocycles. The van der Waals surface area contributed by atoms with E-state index in [-0.39, 0.29) is 24.2 Å². The van der Waals surface area contributed by atoms with E-state index in [0.717, 1.165) is 0 Å². The molecule has 2 aromatic rings. The summed E-state index contributed by atoms with van der Waals surface area (Å²) >= 11 is 5.79. The summed E-state index contributed by atoms with van der Waals surface area (Å²) in [5, 5.41) is 20.8. The molecule has 2 rings (SSSR count). The second-order valence-electron chi connectivity index (χ2n) is 4.49. The second kappa shape index (κ2) is 4.98. The van der Waals surface area contributed by atoms with Gasteiger partial charge < -0.3 is 19.8 Å². The first kappa shape index (κ1) is 13.5. The first-order valence-electron chi connectivity index (χ1n) is 5.42. The van der Waals surface area contributed by atoms with Crippen LogP contribution in [0.25, 0.3) is 0 Å². The van der Waals surface area contributed by atoms with E-state index in [1.807, 2.05) is 0 Å². The average Bonchev–Trinajstić information content (AvgIpc) is 2.88. The Morgan fingerprint density at radius 1 is 1.58 bits per heavy atom. The van der Waals surface area contributed by atoms with Crippen molar-refractivity contribution in [3.63, 3.8) is 0 Å². The Bertz CT molecular complexity index is 578. The molecule has 1 N–H and O–H groups in total. The van der Waals surface area contributed by atoms with Gasteiger partial charge in [0.15, 0.2) is 0 Å². The lowest BCUT2D eigenvalue weighted by Crippen LogP contribution is -2.35. The number of aromatic nitrogens is 4. The molecule has 0 amide bonds. The molecule has 1 atom stereocenters. The summed E-state index contributed by atoms with van der Waals surface area (Å²) in [5.74, 6) is -0.344. The maximum absolute atomic E-state index is 10.6. The summed E-state index contributed by atoms with van der Waals surface area (Å²) in [6.45, 7) is 1.98. The van der Waals surface area contributed by atoms with Gasteiger partial charge in [-0.25, -0.2) is 4.98 Å². The van der Waals surface area contributed by atoms with Crippen molar-refractivity contribution in [2.75, 3.05) is 0 Å². The quantitative estimate of drug-likeness (QED) is 0.655. The van der Waals surface area contributed by atoms with E-state index >= 15 is 0 Å². The highest BCUT2D eigenvalue weighted by molar-refractivity contribution is 6.28. The van der Waals surface area contributed by atoms with Crippen molar-refractivity contribution in [2.24, 2.45) is 0 Å². The third kappa shape index (κ3) is 3.30. The molecular formula is C10H12ClN5O3. The van der Waals surface area contributed by atoms with Crippen LogP contribution in [0, 0.1) is 10.1 Å². The molecule has 9 heteroatoms. The molecule has 0 aliphatic carbocycles. The zero-order valence-electron chi connectivity index (χ0n) is 10.1. The molecule has 19 heavy (non-hydrogen) atoms. The minimum atomic E-state index is -1.14. The van der Waals surface area contributed by atoms with Crippen molar-refractivity contribution in [1.82, 2.24) is 19.1 Å². The first-order valence-corrected chi connectivity index (χ1v) is 5.80. The van der Waals surface area contributed by atoms with Crippen molar-refractivity contribution < 1.29 is 10.0 Å². The fourth-order valence-corrected chi connectivity index (χ4v) is 1.96. The Labute approximate surface area is 113 Å². The molecule has 0 bridgehead atoms. The molecule has 2 heterocycles. The van der Waals surface area contributed by atoms with Gasteiger partial charge in [-0.05, 0) is 28.4 Å². The van der Waals surface area contributed by atoms with Gasteiger partial charge in [0.05, 0.1) is 25.0 Å². The van der Waals surface area contributed by atoms with Crippen molar-refractivity contribution in [3.8, 4) is 0 Å². The molecule has 0 saturated heterocycles. The van der Waals surface area contributed by atoms with Crippen LogP contribution >= 0.6 is 11.6 Å². The highest BCUT2D eigenvalue weighted by Gasteiger charge is 2.26. The van der Waals surface area contributed by atoms with Gasteiger partial charge in [0.2, 0.25) is 0 Å². The minimum Gasteiger partial charge on any atom is -0.386 e. The zero-order valence-corrected chi connectivity index (χ0v) is 10.9. The van der Waals surface area contributed by atoms with E-state index in [9.17, 15) is 15.2 Å². The molecule has 8 nitrogen and oxygen atoms in total. The van der Waals surface area contributed by atoms with Gasteiger partial charge in [0.1, 0.15) is 6.20 Å². The van der Waals surface area contributed by atoms with Crippen molar-refractivity contribution >= 4 is 17.4 Å². The van der Waals surface area contributed by atoms with Crippen molar-refractivity contribution in [1.29, 1.82) is 0 Å². The number of halogens is 1. The van der Waals surface area contributed by atoms with E-state index < -0.39 is 10.5 Å².